The number of carbonyl (C=O) groups is 1. The maximum atomic E-state index is 12.5. The van der Waals surface area contributed by atoms with Gasteiger partial charge in [0.1, 0.15) is 0 Å². The summed E-state index contributed by atoms with van der Waals surface area (Å²) in [5.41, 5.74) is 1.94. The summed E-state index contributed by atoms with van der Waals surface area (Å²) < 4.78 is 2.04. The number of aliphatic hydroxyl groups is 1. The molecule has 0 radical (unpaired) electrons. The number of thioether (sulfide) groups is 1. The van der Waals surface area contributed by atoms with Gasteiger partial charge in [0.15, 0.2) is 0 Å². The Bertz CT molecular complexity index is 816. The summed E-state index contributed by atoms with van der Waals surface area (Å²) >= 11 is 1.70. The Kier molecular flexibility index (Phi) is 9.14. The lowest BCUT2D eigenvalue weighted by molar-refractivity contribution is -0.122. The Hall–Kier alpha value is -2.13. The average Bonchev–Trinajstić information content (AvgIpc) is 3.28. The predicted molar refractivity (Wildman–Crippen MR) is 124 cm³/mol. The van der Waals surface area contributed by atoms with Crippen LogP contribution in [0.1, 0.15) is 43.5 Å². The standard InChI is InChI=1S/C22H34N6O2S/c1-17-13-18(6-10-27-11-8-23-16-27)26-22(25-17)28-9-4-3-5-19(28)14-21(30)24-15-20(29)7-12-31-2/h8,11,13,16,19-20,29H,3-7,9-10,12,14-15H2,1-2H3,(H,24,30). The highest BCUT2D eigenvalue weighted by atomic mass is 32.2. The first-order chi connectivity index (χ1) is 15.0. The summed E-state index contributed by atoms with van der Waals surface area (Å²) in [4.78, 5) is 28.3. The van der Waals surface area contributed by atoms with E-state index >= 15 is 0 Å². The molecule has 3 rings (SSSR count). The van der Waals surface area contributed by atoms with Crippen molar-refractivity contribution in [3.63, 3.8) is 0 Å². The first-order valence-corrected chi connectivity index (χ1v) is 12.4. The third-order valence-corrected chi connectivity index (χ3v) is 6.22. The lowest BCUT2D eigenvalue weighted by atomic mass is 9.99. The van der Waals surface area contributed by atoms with Gasteiger partial charge in [-0.25, -0.2) is 15.0 Å². The Morgan fingerprint density at radius 1 is 1.39 bits per heavy atom. The summed E-state index contributed by atoms with van der Waals surface area (Å²) in [6.07, 6.45) is 12.1. The van der Waals surface area contributed by atoms with E-state index in [4.69, 9.17) is 4.98 Å². The van der Waals surface area contributed by atoms with E-state index in [2.05, 4.69) is 20.2 Å². The van der Waals surface area contributed by atoms with Gasteiger partial charge in [-0.15, -0.1) is 0 Å². The zero-order chi connectivity index (χ0) is 22.1. The summed E-state index contributed by atoms with van der Waals surface area (Å²) in [5.74, 6) is 1.59. The number of hydrogen-bond donors (Lipinski definition) is 2. The van der Waals surface area contributed by atoms with Crippen LogP contribution in [-0.4, -0.2) is 67.8 Å². The monoisotopic (exact) mass is 446 g/mol. The predicted octanol–water partition coefficient (Wildman–Crippen LogP) is 2.20. The van der Waals surface area contributed by atoms with Gasteiger partial charge in [0, 0.05) is 62.3 Å². The second kappa shape index (κ2) is 12.0. The summed E-state index contributed by atoms with van der Waals surface area (Å²) in [5, 5.41) is 12.9. The second-order valence-electron chi connectivity index (χ2n) is 8.14. The molecule has 2 N–H and O–H groups in total. The second-order valence-corrected chi connectivity index (χ2v) is 9.12. The molecule has 0 bridgehead atoms. The maximum Gasteiger partial charge on any atom is 0.226 e. The summed E-state index contributed by atoms with van der Waals surface area (Å²) in [6, 6.07) is 2.11. The number of nitrogens with zero attached hydrogens (tertiary/aromatic N) is 5. The van der Waals surface area contributed by atoms with Crippen molar-refractivity contribution in [1.82, 2.24) is 24.8 Å². The van der Waals surface area contributed by atoms with Gasteiger partial charge in [0.2, 0.25) is 11.9 Å². The van der Waals surface area contributed by atoms with Gasteiger partial charge in [0.25, 0.3) is 0 Å². The highest BCUT2D eigenvalue weighted by molar-refractivity contribution is 7.98. The lowest BCUT2D eigenvalue weighted by Crippen LogP contribution is -2.44. The highest BCUT2D eigenvalue weighted by Gasteiger charge is 2.27. The molecular weight excluding hydrogens is 412 g/mol. The molecular formula is C22H34N6O2S. The van der Waals surface area contributed by atoms with Crippen LogP contribution < -0.4 is 10.2 Å². The number of aliphatic hydroxyl groups excluding tert-OH is 1. The number of aryl methyl sites for hydroxylation is 3. The van der Waals surface area contributed by atoms with Crippen LogP contribution in [0.3, 0.4) is 0 Å². The third-order valence-electron chi connectivity index (χ3n) is 5.58. The van der Waals surface area contributed by atoms with Gasteiger partial charge in [-0.2, -0.15) is 11.8 Å². The minimum Gasteiger partial charge on any atom is -0.391 e. The van der Waals surface area contributed by atoms with Crippen molar-refractivity contribution in [2.24, 2.45) is 0 Å². The van der Waals surface area contributed by atoms with E-state index < -0.39 is 6.10 Å². The Labute approximate surface area is 188 Å². The van der Waals surface area contributed by atoms with E-state index in [0.29, 0.717) is 19.4 Å². The first kappa shape index (κ1) is 23.5. The number of piperidine rings is 1. The molecule has 0 aromatic carbocycles. The molecule has 0 saturated carbocycles. The molecule has 8 nitrogen and oxygen atoms in total. The molecule has 0 spiro atoms. The third kappa shape index (κ3) is 7.50. The lowest BCUT2D eigenvalue weighted by Gasteiger charge is -2.35. The van der Waals surface area contributed by atoms with Gasteiger partial charge < -0.3 is 19.9 Å². The minimum atomic E-state index is -0.489. The molecule has 1 amide bonds. The SMILES string of the molecule is CSCCC(O)CNC(=O)CC1CCCCN1c1nc(C)cc(CCn2ccnc2)n1. The van der Waals surface area contributed by atoms with Crippen molar-refractivity contribution in [3.8, 4) is 0 Å². The number of hydrogen-bond acceptors (Lipinski definition) is 7. The summed E-state index contributed by atoms with van der Waals surface area (Å²) in [7, 11) is 0. The van der Waals surface area contributed by atoms with Crippen molar-refractivity contribution in [2.75, 3.05) is 30.0 Å². The number of carbonyl (C=O) groups excluding carboxylic acids is 1. The molecule has 3 heterocycles. The van der Waals surface area contributed by atoms with E-state index in [0.717, 1.165) is 61.9 Å². The molecule has 1 aliphatic rings. The Morgan fingerprint density at radius 3 is 3.03 bits per heavy atom. The van der Waals surface area contributed by atoms with E-state index in [1.54, 1.807) is 18.0 Å². The molecule has 1 aliphatic heterocycles. The van der Waals surface area contributed by atoms with E-state index in [1.165, 1.54) is 0 Å². The Balaban J connectivity index is 1.60. The number of amides is 1. The molecule has 1 fully saturated rings. The summed E-state index contributed by atoms with van der Waals surface area (Å²) in [6.45, 7) is 3.98. The number of rotatable bonds is 11. The smallest absolute Gasteiger partial charge is 0.226 e. The fourth-order valence-electron chi connectivity index (χ4n) is 3.89. The molecule has 2 aromatic rings. The largest absolute Gasteiger partial charge is 0.391 e. The van der Waals surface area contributed by atoms with Crippen LogP contribution in [0.5, 0.6) is 0 Å². The van der Waals surface area contributed by atoms with Gasteiger partial charge in [-0.3, -0.25) is 4.79 Å². The zero-order valence-corrected chi connectivity index (χ0v) is 19.4. The first-order valence-electron chi connectivity index (χ1n) is 11.1. The topological polar surface area (TPSA) is 96.2 Å². The zero-order valence-electron chi connectivity index (χ0n) is 18.5. The number of aromatic nitrogens is 4. The maximum absolute atomic E-state index is 12.5. The van der Waals surface area contributed by atoms with E-state index in [-0.39, 0.29) is 11.9 Å². The van der Waals surface area contributed by atoms with E-state index in [9.17, 15) is 9.90 Å². The van der Waals surface area contributed by atoms with Crippen molar-refractivity contribution >= 4 is 23.6 Å². The fourth-order valence-corrected chi connectivity index (χ4v) is 4.39. The van der Waals surface area contributed by atoms with Crippen LogP contribution in [0.4, 0.5) is 5.95 Å². The normalized spacial score (nSPS) is 17.5. The van der Waals surface area contributed by atoms with Crippen molar-refractivity contribution in [2.45, 2.75) is 64.1 Å². The minimum absolute atomic E-state index is 0.0203. The molecule has 9 heteroatoms. The van der Waals surface area contributed by atoms with Crippen molar-refractivity contribution in [3.05, 3.63) is 36.2 Å². The molecule has 0 aliphatic carbocycles. The number of imidazole rings is 1. The average molecular weight is 447 g/mol. The van der Waals surface area contributed by atoms with Gasteiger partial charge >= 0.3 is 0 Å². The van der Waals surface area contributed by atoms with Crippen LogP contribution in [0.25, 0.3) is 0 Å². The van der Waals surface area contributed by atoms with E-state index in [1.807, 2.05) is 36.3 Å². The molecule has 2 atom stereocenters. The quantitative estimate of drug-likeness (QED) is 0.546. The molecule has 170 valence electrons. The van der Waals surface area contributed by atoms with Crippen molar-refractivity contribution in [1.29, 1.82) is 0 Å². The van der Waals surface area contributed by atoms with Crippen LogP contribution in [0.15, 0.2) is 24.8 Å². The van der Waals surface area contributed by atoms with Crippen LogP contribution in [0, 0.1) is 6.92 Å². The van der Waals surface area contributed by atoms with Gasteiger partial charge in [-0.1, -0.05) is 0 Å². The van der Waals surface area contributed by atoms with Crippen LogP contribution >= 0.6 is 11.8 Å². The molecule has 2 unspecified atom stereocenters. The highest BCUT2D eigenvalue weighted by Crippen LogP contribution is 2.24. The molecule has 1 saturated heterocycles. The molecule has 31 heavy (non-hydrogen) atoms. The number of nitrogens with one attached hydrogen (secondary N) is 1. The van der Waals surface area contributed by atoms with Gasteiger partial charge in [0.05, 0.1) is 12.4 Å². The van der Waals surface area contributed by atoms with Crippen LogP contribution in [-0.2, 0) is 17.8 Å². The molecule has 2 aromatic heterocycles. The van der Waals surface area contributed by atoms with Crippen molar-refractivity contribution < 1.29 is 9.90 Å². The van der Waals surface area contributed by atoms with Crippen LogP contribution in [0.2, 0.25) is 0 Å². The fraction of sp³-hybridized carbons (Fsp3) is 0.636. The Morgan fingerprint density at radius 2 is 2.26 bits per heavy atom. The number of anilines is 1. The van der Waals surface area contributed by atoms with Gasteiger partial charge in [-0.05, 0) is 50.7 Å².